The molecule has 0 radical (unpaired) electrons. The van der Waals surface area contributed by atoms with E-state index in [9.17, 15) is 26.4 Å². The van der Waals surface area contributed by atoms with Crippen molar-refractivity contribution in [3.8, 4) is 0 Å². The molecule has 2 atom stereocenters. The lowest BCUT2D eigenvalue weighted by Crippen LogP contribution is -2.47. The second-order valence-electron chi connectivity index (χ2n) is 9.23. The molecule has 0 amide bonds. The first-order valence-electron chi connectivity index (χ1n) is 12.0. The lowest BCUT2D eigenvalue weighted by Gasteiger charge is -2.42. The van der Waals surface area contributed by atoms with E-state index in [-0.39, 0.29) is 22.6 Å². The van der Waals surface area contributed by atoms with Gasteiger partial charge in [0.2, 0.25) is 0 Å². The average molecular weight is 534 g/mol. The first kappa shape index (κ1) is 25.3. The van der Waals surface area contributed by atoms with E-state index in [1.54, 1.807) is 37.3 Å². The minimum atomic E-state index is -5.16. The highest BCUT2D eigenvalue weighted by atomic mass is 32.2. The first-order valence-corrected chi connectivity index (χ1v) is 13.4. The molecule has 0 aliphatic carbocycles. The SMILES string of the molecule is CC1CC(OC(=O)C(F)(F)F)c2c(N3CCNCC3)cccc2N1S(=O)(=O)c1ccc2ccccc2c1. The molecule has 1 fully saturated rings. The fraction of sp³-hybridized carbons (Fsp3) is 0.346. The summed E-state index contributed by atoms with van der Waals surface area (Å²) in [6, 6.07) is 16.4. The maximum absolute atomic E-state index is 14.0. The second kappa shape index (κ2) is 9.53. The number of fused-ring (bicyclic) bond motifs is 2. The van der Waals surface area contributed by atoms with Crippen LogP contribution in [0, 0.1) is 0 Å². The van der Waals surface area contributed by atoms with Crippen LogP contribution in [-0.2, 0) is 19.6 Å². The lowest BCUT2D eigenvalue weighted by molar-refractivity contribution is -0.205. The van der Waals surface area contributed by atoms with E-state index in [1.807, 2.05) is 29.2 Å². The van der Waals surface area contributed by atoms with Crippen LogP contribution in [0.25, 0.3) is 10.8 Å². The molecule has 0 bridgehead atoms. The largest absolute Gasteiger partial charge is 0.490 e. The van der Waals surface area contributed by atoms with E-state index >= 15 is 0 Å². The van der Waals surface area contributed by atoms with Crippen LogP contribution in [0.2, 0.25) is 0 Å². The van der Waals surface area contributed by atoms with Crippen molar-refractivity contribution in [2.75, 3.05) is 35.4 Å². The predicted molar refractivity (Wildman–Crippen MR) is 134 cm³/mol. The molecule has 37 heavy (non-hydrogen) atoms. The lowest BCUT2D eigenvalue weighted by atomic mass is 9.93. The number of nitrogens with zero attached hydrogens (tertiary/aromatic N) is 2. The number of sulfonamides is 1. The van der Waals surface area contributed by atoms with Gasteiger partial charge in [-0.3, -0.25) is 4.31 Å². The van der Waals surface area contributed by atoms with Crippen molar-refractivity contribution in [1.29, 1.82) is 0 Å². The molecule has 196 valence electrons. The van der Waals surface area contributed by atoms with Gasteiger partial charge in [-0.25, -0.2) is 13.2 Å². The highest BCUT2D eigenvalue weighted by Gasteiger charge is 2.46. The van der Waals surface area contributed by atoms with E-state index in [0.29, 0.717) is 31.9 Å². The zero-order chi connectivity index (χ0) is 26.4. The summed E-state index contributed by atoms with van der Waals surface area (Å²) in [6.45, 7) is 4.07. The van der Waals surface area contributed by atoms with Crippen molar-refractivity contribution in [2.24, 2.45) is 0 Å². The van der Waals surface area contributed by atoms with Crippen LogP contribution in [0.5, 0.6) is 0 Å². The van der Waals surface area contributed by atoms with Gasteiger partial charge in [-0.1, -0.05) is 36.4 Å². The Morgan fingerprint density at radius 1 is 0.973 bits per heavy atom. The number of hydrogen-bond donors (Lipinski definition) is 1. The topological polar surface area (TPSA) is 79.0 Å². The molecule has 3 aromatic carbocycles. The first-order chi connectivity index (χ1) is 17.6. The predicted octanol–water partition coefficient (Wildman–Crippen LogP) is 4.38. The minimum Gasteiger partial charge on any atom is -0.451 e. The van der Waals surface area contributed by atoms with Crippen LogP contribution < -0.4 is 14.5 Å². The standard InChI is InChI=1S/C26H26F3N3O4S/c1-17-15-23(36-25(33)26(27,28)29)24-21(31-13-11-30-12-14-31)7-4-8-22(24)32(17)37(34,35)20-10-9-18-5-2-3-6-19(18)16-20/h2-10,16-17,23,30H,11-15H2,1H3. The van der Waals surface area contributed by atoms with Gasteiger partial charge in [-0.05, 0) is 42.0 Å². The molecule has 5 rings (SSSR count). The number of halogens is 3. The molecule has 1 N–H and O–H groups in total. The van der Waals surface area contributed by atoms with Crippen LogP contribution in [0.4, 0.5) is 24.5 Å². The number of nitrogens with one attached hydrogen (secondary N) is 1. The van der Waals surface area contributed by atoms with Crippen molar-refractivity contribution in [3.63, 3.8) is 0 Å². The molecule has 2 unspecified atom stereocenters. The Morgan fingerprint density at radius 2 is 1.65 bits per heavy atom. The third-order valence-electron chi connectivity index (χ3n) is 6.79. The number of carbonyl (C=O) groups excluding carboxylic acids is 1. The summed E-state index contributed by atoms with van der Waals surface area (Å²) in [5.41, 5.74) is 1.04. The molecule has 1 saturated heterocycles. The van der Waals surface area contributed by atoms with Crippen molar-refractivity contribution >= 4 is 38.1 Å². The molecule has 0 spiro atoms. The van der Waals surface area contributed by atoms with Crippen LogP contribution in [0.15, 0.2) is 65.6 Å². The van der Waals surface area contributed by atoms with Crippen LogP contribution in [0.3, 0.4) is 0 Å². The number of alkyl halides is 3. The van der Waals surface area contributed by atoms with Crippen molar-refractivity contribution in [1.82, 2.24) is 5.32 Å². The maximum Gasteiger partial charge on any atom is 0.490 e. The number of rotatable bonds is 4. The molecule has 11 heteroatoms. The van der Waals surface area contributed by atoms with Gasteiger partial charge in [-0.15, -0.1) is 0 Å². The fourth-order valence-corrected chi connectivity index (χ4v) is 6.84. The number of hydrogen-bond acceptors (Lipinski definition) is 6. The Hall–Kier alpha value is -3.31. The average Bonchev–Trinajstić information content (AvgIpc) is 2.87. The fourth-order valence-electron chi connectivity index (χ4n) is 5.12. The number of anilines is 2. The summed E-state index contributed by atoms with van der Waals surface area (Å²) in [7, 11) is -4.10. The van der Waals surface area contributed by atoms with Gasteiger partial charge in [0.1, 0.15) is 6.10 Å². The van der Waals surface area contributed by atoms with E-state index in [4.69, 9.17) is 4.74 Å². The van der Waals surface area contributed by atoms with E-state index in [0.717, 1.165) is 10.8 Å². The van der Waals surface area contributed by atoms with Gasteiger partial charge in [0.05, 0.1) is 10.6 Å². The monoisotopic (exact) mass is 533 g/mol. The minimum absolute atomic E-state index is 0.0716. The second-order valence-corrected chi connectivity index (χ2v) is 11.0. The highest BCUT2D eigenvalue weighted by Crippen LogP contribution is 2.47. The zero-order valence-electron chi connectivity index (χ0n) is 20.0. The Balaban J connectivity index is 1.64. The molecule has 0 aromatic heterocycles. The van der Waals surface area contributed by atoms with Crippen LogP contribution in [0.1, 0.15) is 25.0 Å². The molecule has 2 aliphatic heterocycles. The van der Waals surface area contributed by atoms with Gasteiger partial charge >= 0.3 is 12.1 Å². The van der Waals surface area contributed by atoms with Crippen LogP contribution in [-0.4, -0.2) is 52.8 Å². The molecular formula is C26H26F3N3O4S. The van der Waals surface area contributed by atoms with Gasteiger partial charge < -0.3 is 15.0 Å². The van der Waals surface area contributed by atoms with E-state index in [2.05, 4.69) is 5.32 Å². The van der Waals surface area contributed by atoms with Crippen molar-refractivity contribution in [3.05, 3.63) is 66.2 Å². The van der Waals surface area contributed by atoms with Gasteiger partial charge in [0, 0.05) is 49.9 Å². The van der Waals surface area contributed by atoms with Gasteiger partial charge in [0.15, 0.2) is 0 Å². The molecular weight excluding hydrogens is 507 g/mol. The number of carbonyl (C=O) groups is 1. The summed E-state index contributed by atoms with van der Waals surface area (Å²) in [6.07, 6.45) is -6.54. The van der Waals surface area contributed by atoms with Crippen molar-refractivity contribution in [2.45, 2.75) is 36.6 Å². The smallest absolute Gasteiger partial charge is 0.451 e. The zero-order valence-corrected chi connectivity index (χ0v) is 20.8. The quantitative estimate of drug-likeness (QED) is 0.502. The molecule has 0 saturated carbocycles. The summed E-state index contributed by atoms with van der Waals surface area (Å²) in [5, 5.41) is 4.85. The molecule has 7 nitrogen and oxygen atoms in total. The normalized spacial score (nSPS) is 20.5. The number of benzene rings is 3. The third kappa shape index (κ3) is 4.73. The Kier molecular flexibility index (Phi) is 6.53. The summed E-state index contributed by atoms with van der Waals surface area (Å²) in [5.74, 6) is -2.29. The molecule has 2 heterocycles. The Morgan fingerprint density at radius 3 is 2.35 bits per heavy atom. The van der Waals surface area contributed by atoms with Crippen molar-refractivity contribution < 1.29 is 31.1 Å². The number of esters is 1. The Labute approximate surface area is 212 Å². The van der Waals surface area contributed by atoms with E-state index < -0.39 is 34.3 Å². The van der Waals surface area contributed by atoms with Crippen LogP contribution >= 0.6 is 0 Å². The third-order valence-corrected chi connectivity index (χ3v) is 8.72. The molecule has 3 aromatic rings. The molecule has 2 aliphatic rings. The number of piperazine rings is 1. The highest BCUT2D eigenvalue weighted by molar-refractivity contribution is 7.92. The van der Waals surface area contributed by atoms with E-state index in [1.165, 1.54) is 10.4 Å². The van der Waals surface area contributed by atoms with Gasteiger partial charge in [0.25, 0.3) is 10.0 Å². The van der Waals surface area contributed by atoms with Gasteiger partial charge in [-0.2, -0.15) is 13.2 Å². The number of ether oxygens (including phenoxy) is 1. The maximum atomic E-state index is 14.0. The Bertz CT molecular complexity index is 1440. The summed E-state index contributed by atoms with van der Waals surface area (Å²) >= 11 is 0. The summed E-state index contributed by atoms with van der Waals surface area (Å²) < 4.78 is 73.7. The summed E-state index contributed by atoms with van der Waals surface area (Å²) in [4.78, 5) is 13.9.